The van der Waals surface area contributed by atoms with Crippen LogP contribution in [0.3, 0.4) is 0 Å². The topological polar surface area (TPSA) is 49.8 Å². The van der Waals surface area contributed by atoms with E-state index in [-0.39, 0.29) is 18.7 Å². The van der Waals surface area contributed by atoms with Crippen molar-refractivity contribution < 1.29 is 14.6 Å². The summed E-state index contributed by atoms with van der Waals surface area (Å²) in [6, 6.07) is 0.276. The lowest BCUT2D eigenvalue weighted by molar-refractivity contribution is 0.00941. The van der Waals surface area contributed by atoms with Crippen molar-refractivity contribution in [3.63, 3.8) is 0 Å². The van der Waals surface area contributed by atoms with Gasteiger partial charge >= 0.3 is 6.09 Å². The lowest BCUT2D eigenvalue weighted by Gasteiger charge is -2.37. The van der Waals surface area contributed by atoms with Gasteiger partial charge in [-0.3, -0.25) is 0 Å². The van der Waals surface area contributed by atoms with Gasteiger partial charge in [0, 0.05) is 19.2 Å². The van der Waals surface area contributed by atoms with Crippen LogP contribution in [0.15, 0.2) is 0 Å². The first-order valence-corrected chi connectivity index (χ1v) is 7.44. The summed E-state index contributed by atoms with van der Waals surface area (Å²) in [4.78, 5) is 14.1. The van der Waals surface area contributed by atoms with E-state index in [1.165, 1.54) is 12.8 Å². The molecule has 0 saturated heterocycles. The molecule has 0 spiro atoms. The van der Waals surface area contributed by atoms with Crippen molar-refractivity contribution in [3.05, 3.63) is 0 Å². The second-order valence-corrected chi connectivity index (χ2v) is 6.66. The Morgan fingerprint density at radius 1 is 1.26 bits per heavy atom. The second-order valence-electron chi connectivity index (χ2n) is 6.66. The zero-order valence-electron chi connectivity index (χ0n) is 12.8. The highest BCUT2D eigenvalue weighted by molar-refractivity contribution is 5.68. The number of aliphatic hydroxyl groups is 1. The van der Waals surface area contributed by atoms with Gasteiger partial charge in [0.15, 0.2) is 0 Å². The fourth-order valence-electron chi connectivity index (χ4n) is 2.54. The third-order valence-electron chi connectivity index (χ3n) is 3.61. The van der Waals surface area contributed by atoms with Crippen molar-refractivity contribution in [3.8, 4) is 0 Å². The van der Waals surface area contributed by atoms with Crippen molar-refractivity contribution in [1.29, 1.82) is 0 Å². The Bertz CT molecular complexity index is 278. The molecule has 0 bridgehead atoms. The highest BCUT2D eigenvalue weighted by Gasteiger charge is 2.30. The Balaban J connectivity index is 2.62. The molecule has 1 aliphatic carbocycles. The minimum Gasteiger partial charge on any atom is -0.444 e. The maximum Gasteiger partial charge on any atom is 0.410 e. The predicted molar refractivity (Wildman–Crippen MR) is 76.1 cm³/mol. The van der Waals surface area contributed by atoms with Crippen LogP contribution in [-0.2, 0) is 4.74 Å². The number of hydrogen-bond acceptors (Lipinski definition) is 3. The van der Waals surface area contributed by atoms with Crippen LogP contribution >= 0.6 is 0 Å². The first-order valence-electron chi connectivity index (χ1n) is 7.44. The molecule has 1 N–H and O–H groups in total. The molecule has 0 aliphatic heterocycles. The molecule has 0 aromatic heterocycles. The van der Waals surface area contributed by atoms with E-state index < -0.39 is 5.60 Å². The van der Waals surface area contributed by atoms with Crippen LogP contribution in [0.1, 0.15) is 59.8 Å². The van der Waals surface area contributed by atoms with Crippen LogP contribution < -0.4 is 0 Å². The number of carbonyl (C=O) groups excluding carboxylic acids is 1. The normalized spacial score (nSPS) is 24.1. The average Bonchev–Trinajstić information content (AvgIpc) is 2.29. The molecular weight excluding hydrogens is 242 g/mol. The van der Waals surface area contributed by atoms with E-state index in [4.69, 9.17) is 9.84 Å². The Labute approximate surface area is 117 Å². The quantitative estimate of drug-likeness (QED) is 0.854. The summed E-state index contributed by atoms with van der Waals surface area (Å²) in [5.41, 5.74) is -0.462. The number of ether oxygens (including phenoxy) is 1. The van der Waals surface area contributed by atoms with E-state index >= 15 is 0 Å². The van der Waals surface area contributed by atoms with E-state index in [1.807, 2.05) is 25.7 Å². The summed E-state index contributed by atoms with van der Waals surface area (Å²) in [6.07, 6.45) is 4.82. The standard InChI is InChI=1S/C15H29NO3/c1-12-6-8-13(9-7-12)16(10-5-11-17)14(18)19-15(2,3)4/h12-13,17H,5-11H2,1-4H3. The molecule has 0 aromatic rings. The lowest BCUT2D eigenvalue weighted by Crippen LogP contribution is -2.45. The summed E-state index contributed by atoms with van der Waals surface area (Å²) >= 11 is 0. The van der Waals surface area contributed by atoms with Gasteiger partial charge in [-0.1, -0.05) is 6.92 Å². The maximum atomic E-state index is 12.3. The van der Waals surface area contributed by atoms with Crippen LogP contribution in [0, 0.1) is 5.92 Å². The Hall–Kier alpha value is -0.770. The summed E-state index contributed by atoms with van der Waals surface area (Å²) in [7, 11) is 0. The van der Waals surface area contributed by atoms with Crippen molar-refractivity contribution >= 4 is 6.09 Å². The first-order chi connectivity index (χ1) is 8.83. The van der Waals surface area contributed by atoms with Gasteiger partial charge in [0.05, 0.1) is 0 Å². The van der Waals surface area contributed by atoms with E-state index in [0.717, 1.165) is 18.8 Å². The van der Waals surface area contributed by atoms with E-state index in [2.05, 4.69) is 6.92 Å². The number of carbonyl (C=O) groups is 1. The Morgan fingerprint density at radius 2 is 1.84 bits per heavy atom. The molecule has 4 nitrogen and oxygen atoms in total. The molecule has 0 heterocycles. The molecule has 19 heavy (non-hydrogen) atoms. The van der Waals surface area contributed by atoms with Crippen molar-refractivity contribution in [1.82, 2.24) is 4.90 Å². The minimum atomic E-state index is -0.462. The van der Waals surface area contributed by atoms with E-state index in [9.17, 15) is 4.79 Å². The molecule has 0 unspecified atom stereocenters. The third kappa shape index (κ3) is 5.81. The summed E-state index contributed by atoms with van der Waals surface area (Å²) in [5.74, 6) is 0.759. The second kappa shape index (κ2) is 7.13. The Kier molecular flexibility index (Phi) is 6.11. The van der Waals surface area contributed by atoms with Crippen LogP contribution in [0.5, 0.6) is 0 Å². The molecule has 1 saturated carbocycles. The van der Waals surface area contributed by atoms with Gasteiger partial charge in [0.25, 0.3) is 0 Å². The van der Waals surface area contributed by atoms with Crippen LogP contribution in [0.4, 0.5) is 4.79 Å². The molecule has 1 amide bonds. The molecule has 1 rings (SSSR count). The molecular formula is C15H29NO3. The fourth-order valence-corrected chi connectivity index (χ4v) is 2.54. The van der Waals surface area contributed by atoms with Gasteiger partial charge in [-0.05, 0) is 58.8 Å². The number of hydrogen-bond donors (Lipinski definition) is 1. The van der Waals surface area contributed by atoms with Gasteiger partial charge in [-0.2, -0.15) is 0 Å². The molecule has 112 valence electrons. The first kappa shape index (κ1) is 16.3. The molecule has 0 radical (unpaired) electrons. The van der Waals surface area contributed by atoms with Crippen LogP contribution in [0.25, 0.3) is 0 Å². The maximum absolute atomic E-state index is 12.3. The zero-order chi connectivity index (χ0) is 14.5. The summed E-state index contributed by atoms with van der Waals surface area (Å²) < 4.78 is 5.48. The van der Waals surface area contributed by atoms with Crippen molar-refractivity contribution in [2.45, 2.75) is 71.4 Å². The monoisotopic (exact) mass is 271 g/mol. The number of amides is 1. The van der Waals surface area contributed by atoms with Gasteiger partial charge in [0.1, 0.15) is 5.60 Å². The van der Waals surface area contributed by atoms with Crippen molar-refractivity contribution in [2.75, 3.05) is 13.2 Å². The minimum absolute atomic E-state index is 0.114. The molecule has 0 atom stereocenters. The SMILES string of the molecule is CC1CCC(N(CCCO)C(=O)OC(C)(C)C)CC1. The number of aliphatic hydroxyl groups excluding tert-OH is 1. The van der Waals surface area contributed by atoms with E-state index in [1.54, 1.807) is 0 Å². The smallest absolute Gasteiger partial charge is 0.410 e. The lowest BCUT2D eigenvalue weighted by atomic mass is 9.86. The fraction of sp³-hybridized carbons (Fsp3) is 0.933. The van der Waals surface area contributed by atoms with Gasteiger partial charge in [-0.25, -0.2) is 4.79 Å². The largest absolute Gasteiger partial charge is 0.444 e. The van der Waals surface area contributed by atoms with Crippen molar-refractivity contribution in [2.24, 2.45) is 5.92 Å². The highest BCUT2D eigenvalue weighted by Crippen LogP contribution is 2.28. The molecule has 1 fully saturated rings. The van der Waals surface area contributed by atoms with Crippen LogP contribution in [0.2, 0.25) is 0 Å². The molecule has 0 aromatic carbocycles. The van der Waals surface area contributed by atoms with E-state index in [0.29, 0.717) is 13.0 Å². The average molecular weight is 271 g/mol. The molecule has 1 aliphatic rings. The summed E-state index contributed by atoms with van der Waals surface area (Å²) in [6.45, 7) is 8.63. The zero-order valence-corrected chi connectivity index (χ0v) is 12.8. The third-order valence-corrected chi connectivity index (χ3v) is 3.61. The highest BCUT2D eigenvalue weighted by atomic mass is 16.6. The summed E-state index contributed by atoms with van der Waals surface area (Å²) in [5, 5.41) is 8.99. The molecule has 4 heteroatoms. The van der Waals surface area contributed by atoms with Gasteiger partial charge in [0.2, 0.25) is 0 Å². The van der Waals surface area contributed by atoms with Gasteiger partial charge in [-0.15, -0.1) is 0 Å². The van der Waals surface area contributed by atoms with Crippen LogP contribution in [-0.4, -0.2) is 40.9 Å². The number of rotatable bonds is 4. The predicted octanol–water partition coefficient (Wildman–Crippen LogP) is 3.18. The Morgan fingerprint density at radius 3 is 2.32 bits per heavy atom. The van der Waals surface area contributed by atoms with Gasteiger partial charge < -0.3 is 14.7 Å². The number of nitrogens with zero attached hydrogens (tertiary/aromatic N) is 1.